The van der Waals surface area contributed by atoms with Crippen molar-refractivity contribution in [2.45, 2.75) is 18.6 Å². The van der Waals surface area contributed by atoms with E-state index in [1.807, 2.05) is 0 Å². The van der Waals surface area contributed by atoms with Gasteiger partial charge in [-0.3, -0.25) is 9.78 Å². The van der Waals surface area contributed by atoms with Crippen LogP contribution in [0.15, 0.2) is 11.1 Å². The second-order valence-corrected chi connectivity index (χ2v) is 4.51. The molecule has 0 aromatic carbocycles. The number of hydrogen-bond acceptors (Lipinski definition) is 6. The van der Waals surface area contributed by atoms with Crippen molar-refractivity contribution in [2.75, 3.05) is 12.3 Å². The number of hydrogen-bond donors (Lipinski definition) is 4. The Labute approximate surface area is 101 Å². The van der Waals surface area contributed by atoms with Crippen LogP contribution < -0.4 is 11.3 Å². The van der Waals surface area contributed by atoms with E-state index in [-0.39, 0.29) is 30.0 Å². The highest BCUT2D eigenvalue weighted by molar-refractivity contribution is 5.70. The van der Waals surface area contributed by atoms with E-state index in [2.05, 4.69) is 15.0 Å². The fraction of sp³-hybridized carbons (Fsp3) is 0.500. The monoisotopic (exact) mass is 251 g/mol. The quantitative estimate of drug-likeness (QED) is 0.520. The molecule has 1 aliphatic rings. The largest absolute Gasteiger partial charge is 0.396 e. The summed E-state index contributed by atoms with van der Waals surface area (Å²) in [5, 5.41) is 18.9. The maximum Gasteiger partial charge on any atom is 0.280 e. The molecule has 0 spiro atoms. The number of aromatic amines is 1. The smallest absolute Gasteiger partial charge is 0.280 e. The van der Waals surface area contributed by atoms with Gasteiger partial charge in [-0.25, -0.2) is 4.98 Å². The van der Waals surface area contributed by atoms with Crippen LogP contribution in [0.4, 0.5) is 5.95 Å². The van der Waals surface area contributed by atoms with Gasteiger partial charge in [-0.2, -0.15) is 4.98 Å². The molecule has 1 saturated carbocycles. The van der Waals surface area contributed by atoms with E-state index in [4.69, 9.17) is 10.8 Å². The number of aromatic nitrogens is 4. The Morgan fingerprint density at radius 3 is 3.06 bits per heavy atom. The Morgan fingerprint density at radius 1 is 1.61 bits per heavy atom. The van der Waals surface area contributed by atoms with Gasteiger partial charge < -0.3 is 20.5 Å². The van der Waals surface area contributed by atoms with Gasteiger partial charge >= 0.3 is 0 Å². The average molecular weight is 251 g/mol. The van der Waals surface area contributed by atoms with Crippen LogP contribution in [0.1, 0.15) is 12.5 Å². The SMILES string of the molecule is Nc1nc2c(ncn2[C@H]2C[C@H](CO)[C@@H]2O)c(=O)[nH]1. The van der Waals surface area contributed by atoms with E-state index in [1.165, 1.54) is 6.33 Å². The number of nitrogen functional groups attached to an aromatic ring is 1. The molecule has 0 bridgehead atoms. The van der Waals surface area contributed by atoms with Crippen molar-refractivity contribution in [3.8, 4) is 0 Å². The maximum absolute atomic E-state index is 11.6. The third-order valence-corrected chi connectivity index (χ3v) is 3.46. The summed E-state index contributed by atoms with van der Waals surface area (Å²) in [5.41, 5.74) is 5.65. The lowest BCUT2D eigenvalue weighted by molar-refractivity contribution is -0.0550. The summed E-state index contributed by atoms with van der Waals surface area (Å²) in [6.07, 6.45) is 1.43. The van der Waals surface area contributed by atoms with E-state index in [0.29, 0.717) is 12.1 Å². The number of nitrogens with two attached hydrogens (primary N) is 1. The van der Waals surface area contributed by atoms with Crippen LogP contribution in [0, 0.1) is 5.92 Å². The zero-order valence-corrected chi connectivity index (χ0v) is 9.45. The van der Waals surface area contributed by atoms with Crippen molar-refractivity contribution >= 4 is 17.1 Å². The van der Waals surface area contributed by atoms with Crippen LogP contribution in [0.2, 0.25) is 0 Å². The predicted octanol–water partition coefficient (Wildman–Crippen LogP) is -1.38. The van der Waals surface area contributed by atoms with Gasteiger partial charge in [0.05, 0.1) is 18.5 Å². The van der Waals surface area contributed by atoms with E-state index >= 15 is 0 Å². The highest BCUT2D eigenvalue weighted by Crippen LogP contribution is 2.38. The molecular formula is C10H13N5O3. The highest BCUT2D eigenvalue weighted by Gasteiger charge is 2.41. The number of nitrogens with one attached hydrogen (secondary N) is 1. The van der Waals surface area contributed by atoms with Gasteiger partial charge in [-0.15, -0.1) is 0 Å². The zero-order valence-electron chi connectivity index (χ0n) is 9.45. The van der Waals surface area contributed by atoms with Gasteiger partial charge in [-0.1, -0.05) is 0 Å². The number of anilines is 1. The molecule has 2 aromatic heterocycles. The Balaban J connectivity index is 2.06. The normalized spacial score (nSPS) is 27.3. The van der Waals surface area contributed by atoms with E-state index < -0.39 is 11.7 Å². The van der Waals surface area contributed by atoms with Gasteiger partial charge in [0.15, 0.2) is 11.2 Å². The minimum absolute atomic E-state index is 0.0155. The first-order valence-corrected chi connectivity index (χ1v) is 5.63. The number of fused-ring (bicyclic) bond motifs is 1. The van der Waals surface area contributed by atoms with Crippen LogP contribution in [-0.4, -0.2) is 42.4 Å². The summed E-state index contributed by atoms with van der Waals surface area (Å²) < 4.78 is 1.64. The molecule has 0 unspecified atom stereocenters. The lowest BCUT2D eigenvalue weighted by Crippen LogP contribution is -2.45. The van der Waals surface area contributed by atoms with Crippen molar-refractivity contribution in [3.05, 3.63) is 16.7 Å². The van der Waals surface area contributed by atoms with E-state index in [0.717, 1.165) is 0 Å². The Hall–Kier alpha value is -1.93. The molecule has 3 rings (SSSR count). The molecule has 8 nitrogen and oxygen atoms in total. The lowest BCUT2D eigenvalue weighted by atomic mass is 9.77. The van der Waals surface area contributed by atoms with Gasteiger partial charge in [0.2, 0.25) is 5.95 Å². The van der Waals surface area contributed by atoms with Crippen LogP contribution in [0.25, 0.3) is 11.2 Å². The van der Waals surface area contributed by atoms with Gasteiger partial charge in [0.1, 0.15) is 0 Å². The molecule has 0 radical (unpaired) electrons. The van der Waals surface area contributed by atoms with Crippen LogP contribution in [0.5, 0.6) is 0 Å². The van der Waals surface area contributed by atoms with Crippen molar-refractivity contribution < 1.29 is 10.2 Å². The summed E-state index contributed by atoms with van der Waals surface area (Å²) >= 11 is 0. The molecular weight excluding hydrogens is 238 g/mol. The van der Waals surface area contributed by atoms with Crippen molar-refractivity contribution in [1.82, 2.24) is 19.5 Å². The first-order chi connectivity index (χ1) is 8.61. The molecule has 0 saturated heterocycles. The Bertz CT molecular complexity index is 648. The topological polar surface area (TPSA) is 130 Å². The molecule has 0 aliphatic heterocycles. The number of H-pyrrole nitrogens is 1. The molecule has 0 amide bonds. The van der Waals surface area contributed by atoms with Gasteiger partial charge in [-0.05, 0) is 6.42 Å². The number of imidazole rings is 1. The van der Waals surface area contributed by atoms with E-state index in [9.17, 15) is 9.90 Å². The number of aliphatic hydroxyl groups is 2. The number of aliphatic hydroxyl groups excluding tert-OH is 2. The first kappa shape index (κ1) is 11.2. The summed E-state index contributed by atoms with van der Waals surface area (Å²) in [5.74, 6) is -0.117. The van der Waals surface area contributed by atoms with Crippen molar-refractivity contribution in [3.63, 3.8) is 0 Å². The number of nitrogens with zero attached hydrogens (tertiary/aromatic N) is 3. The molecule has 18 heavy (non-hydrogen) atoms. The summed E-state index contributed by atoms with van der Waals surface area (Å²) in [6.45, 7) is -0.0551. The summed E-state index contributed by atoms with van der Waals surface area (Å²) in [7, 11) is 0. The molecule has 1 fully saturated rings. The second-order valence-electron chi connectivity index (χ2n) is 4.51. The molecule has 2 aromatic rings. The van der Waals surface area contributed by atoms with Gasteiger partial charge in [0.25, 0.3) is 5.56 Å². The summed E-state index contributed by atoms with van der Waals surface area (Å²) in [6, 6.07) is -0.221. The van der Waals surface area contributed by atoms with Crippen LogP contribution in [-0.2, 0) is 0 Å². The molecule has 5 N–H and O–H groups in total. The lowest BCUT2D eigenvalue weighted by Gasteiger charge is -2.40. The third kappa shape index (κ3) is 1.42. The molecule has 1 aliphatic carbocycles. The molecule has 96 valence electrons. The van der Waals surface area contributed by atoms with Crippen molar-refractivity contribution in [2.24, 2.45) is 5.92 Å². The third-order valence-electron chi connectivity index (χ3n) is 3.46. The van der Waals surface area contributed by atoms with Crippen molar-refractivity contribution in [1.29, 1.82) is 0 Å². The van der Waals surface area contributed by atoms with E-state index in [1.54, 1.807) is 4.57 Å². The molecule has 2 heterocycles. The van der Waals surface area contributed by atoms with Crippen LogP contribution in [0.3, 0.4) is 0 Å². The first-order valence-electron chi connectivity index (χ1n) is 5.63. The minimum atomic E-state index is -0.658. The average Bonchev–Trinajstić information content (AvgIpc) is 2.72. The fourth-order valence-electron chi connectivity index (χ4n) is 2.35. The minimum Gasteiger partial charge on any atom is -0.396 e. The predicted molar refractivity (Wildman–Crippen MR) is 62.8 cm³/mol. The Morgan fingerprint density at radius 2 is 2.39 bits per heavy atom. The fourth-order valence-corrected chi connectivity index (χ4v) is 2.35. The standard InChI is InChI=1S/C10H13N5O3/c11-10-13-8-6(9(18)14-10)12-3-15(8)5-1-4(2-16)7(5)17/h3-5,7,16-17H,1-2H2,(H3,11,13,14,18)/t4-,5+,7+/m1/s1. The second kappa shape index (κ2) is 3.79. The highest BCUT2D eigenvalue weighted by atomic mass is 16.3. The molecule has 3 atom stereocenters. The maximum atomic E-state index is 11.6. The Kier molecular flexibility index (Phi) is 2.35. The number of rotatable bonds is 2. The zero-order chi connectivity index (χ0) is 12.9. The molecule has 8 heteroatoms. The summed E-state index contributed by atoms with van der Waals surface area (Å²) in [4.78, 5) is 22.0. The van der Waals surface area contributed by atoms with Gasteiger partial charge in [0, 0.05) is 12.5 Å². The van der Waals surface area contributed by atoms with Crippen LogP contribution >= 0.6 is 0 Å².